The number of aromatic nitrogens is 7. The van der Waals surface area contributed by atoms with Crippen molar-refractivity contribution in [3.63, 3.8) is 0 Å². The van der Waals surface area contributed by atoms with Crippen LogP contribution in [0, 0.1) is 0 Å². The van der Waals surface area contributed by atoms with Crippen LogP contribution in [0.3, 0.4) is 0 Å². The smallest absolute Gasteiger partial charge is 0.240 e. The molecule has 4 aromatic rings. The Kier molecular flexibility index (Phi) is 6.17. The highest BCUT2D eigenvalue weighted by Gasteiger charge is 2.23. The predicted molar refractivity (Wildman–Crippen MR) is 139 cm³/mol. The number of fused-ring (bicyclic) bond motifs is 4. The Labute approximate surface area is 210 Å². The molecule has 0 aromatic carbocycles. The van der Waals surface area contributed by atoms with Crippen molar-refractivity contribution in [3.05, 3.63) is 35.5 Å². The number of likely N-dealkylation sites (N-methyl/N-ethyl adjacent to an activating group) is 1. The van der Waals surface area contributed by atoms with Gasteiger partial charge in [-0.25, -0.2) is 14.6 Å². The summed E-state index contributed by atoms with van der Waals surface area (Å²) in [5, 5.41) is 9.13. The zero-order valence-corrected chi connectivity index (χ0v) is 21.6. The van der Waals surface area contributed by atoms with Gasteiger partial charge in [-0.1, -0.05) is 6.92 Å². The third kappa shape index (κ3) is 4.30. The van der Waals surface area contributed by atoms with E-state index in [1.165, 1.54) is 0 Å². The molecule has 36 heavy (non-hydrogen) atoms. The highest BCUT2D eigenvalue weighted by molar-refractivity contribution is 5.76. The molecule has 0 spiro atoms. The lowest BCUT2D eigenvalue weighted by Crippen LogP contribution is -2.34. The summed E-state index contributed by atoms with van der Waals surface area (Å²) in [6.45, 7) is 10.5. The lowest BCUT2D eigenvalue weighted by Gasteiger charge is -2.25. The summed E-state index contributed by atoms with van der Waals surface area (Å²) in [5.74, 6) is 1.59. The van der Waals surface area contributed by atoms with Crippen molar-refractivity contribution >= 4 is 23.6 Å². The number of rotatable bonds is 3. The van der Waals surface area contributed by atoms with Crippen LogP contribution in [-0.4, -0.2) is 64.1 Å². The van der Waals surface area contributed by atoms with Crippen LogP contribution in [0.15, 0.2) is 18.6 Å². The summed E-state index contributed by atoms with van der Waals surface area (Å²) in [7, 11) is 3.82. The second-order valence-electron chi connectivity index (χ2n) is 9.42. The number of ether oxygens (including phenoxy) is 2. The molecule has 0 fully saturated rings. The first-order valence-corrected chi connectivity index (χ1v) is 12.2. The van der Waals surface area contributed by atoms with E-state index in [1.807, 2.05) is 55.4 Å². The lowest BCUT2D eigenvalue weighted by atomic mass is 10.2. The molecule has 11 heteroatoms. The van der Waals surface area contributed by atoms with Crippen LogP contribution in [0.2, 0.25) is 0 Å². The molecule has 0 aliphatic carbocycles. The van der Waals surface area contributed by atoms with Gasteiger partial charge in [0.1, 0.15) is 6.10 Å². The Balaban J connectivity index is 1.72. The average Bonchev–Trinajstić information content (AvgIpc) is 3.47. The molecule has 11 nitrogen and oxygen atoms in total. The van der Waals surface area contributed by atoms with E-state index in [0.717, 1.165) is 29.1 Å². The zero-order chi connectivity index (χ0) is 25.6. The van der Waals surface area contributed by atoms with Gasteiger partial charge in [0.15, 0.2) is 11.5 Å². The quantitative estimate of drug-likeness (QED) is 0.465. The van der Waals surface area contributed by atoms with Gasteiger partial charge in [0.25, 0.3) is 0 Å². The van der Waals surface area contributed by atoms with E-state index in [-0.39, 0.29) is 12.2 Å². The summed E-state index contributed by atoms with van der Waals surface area (Å²) in [4.78, 5) is 11.5. The van der Waals surface area contributed by atoms with Gasteiger partial charge in [-0.2, -0.15) is 5.10 Å². The molecule has 0 amide bonds. The van der Waals surface area contributed by atoms with Crippen molar-refractivity contribution in [2.75, 3.05) is 18.8 Å². The first-order valence-electron chi connectivity index (χ1n) is 12.2. The number of anilines is 1. The molecule has 0 saturated heterocycles. The van der Waals surface area contributed by atoms with Crippen molar-refractivity contribution in [1.29, 1.82) is 0 Å². The molecule has 2 bridgehead atoms. The van der Waals surface area contributed by atoms with Crippen LogP contribution in [0.25, 0.3) is 29.1 Å². The monoisotopic (exact) mass is 491 g/mol. The summed E-state index contributed by atoms with van der Waals surface area (Å²) in [6, 6.07) is 0. The Hall–Kier alpha value is -3.86. The first kappa shape index (κ1) is 23.9. The van der Waals surface area contributed by atoms with Crippen LogP contribution >= 0.6 is 0 Å². The molecule has 1 aliphatic rings. The molecule has 2 N–H and O–H groups in total. The molecular formula is C25H33N9O2. The average molecular weight is 492 g/mol. The normalized spacial score (nSPS) is 17.5. The van der Waals surface area contributed by atoms with E-state index in [2.05, 4.69) is 33.8 Å². The van der Waals surface area contributed by atoms with E-state index in [1.54, 1.807) is 17.1 Å². The van der Waals surface area contributed by atoms with Gasteiger partial charge in [-0.3, -0.25) is 14.0 Å². The summed E-state index contributed by atoms with van der Waals surface area (Å²) >= 11 is 0. The zero-order valence-electron chi connectivity index (χ0n) is 21.6. The van der Waals surface area contributed by atoms with Gasteiger partial charge in [0.2, 0.25) is 11.8 Å². The molecule has 5 heterocycles. The number of nitrogens with two attached hydrogens (primary N) is 1. The Bertz CT molecular complexity index is 1430. The molecule has 0 saturated carbocycles. The van der Waals surface area contributed by atoms with Crippen molar-refractivity contribution in [2.45, 2.75) is 46.4 Å². The van der Waals surface area contributed by atoms with E-state index in [9.17, 15) is 0 Å². The fourth-order valence-corrected chi connectivity index (χ4v) is 4.52. The fourth-order valence-electron chi connectivity index (χ4n) is 4.52. The minimum absolute atomic E-state index is 0.000973. The predicted octanol–water partition coefficient (Wildman–Crippen LogP) is 3.01. The van der Waals surface area contributed by atoms with E-state index < -0.39 is 0 Å². The highest BCUT2D eigenvalue weighted by atomic mass is 16.5. The van der Waals surface area contributed by atoms with Gasteiger partial charge < -0.3 is 15.2 Å². The van der Waals surface area contributed by atoms with Crippen molar-refractivity contribution in [2.24, 2.45) is 14.1 Å². The first-order chi connectivity index (χ1) is 17.2. The number of nitrogen functional groups attached to an aromatic ring is 1. The summed E-state index contributed by atoms with van der Waals surface area (Å²) < 4.78 is 18.1. The largest absolute Gasteiger partial charge is 0.473 e. The molecule has 1 aliphatic heterocycles. The number of imidazole rings is 1. The van der Waals surface area contributed by atoms with Crippen molar-refractivity contribution < 1.29 is 9.47 Å². The van der Waals surface area contributed by atoms with Crippen LogP contribution in [0.1, 0.15) is 44.6 Å². The molecular weight excluding hydrogens is 458 g/mol. The lowest BCUT2D eigenvalue weighted by molar-refractivity contribution is 0.134. The minimum atomic E-state index is -0.104. The molecule has 4 aromatic heterocycles. The van der Waals surface area contributed by atoms with E-state index >= 15 is 0 Å². The SMILES string of the molecule is CCN1Cc2c(c(OC(C)C)nn2C)/C=C/c2cnc3c(N)nc(cn23)-c2cnn(C)c2O[C@@H](C)C1. The summed E-state index contributed by atoms with van der Waals surface area (Å²) in [6.07, 6.45) is 9.41. The second-order valence-corrected chi connectivity index (χ2v) is 9.42. The highest BCUT2D eigenvalue weighted by Crippen LogP contribution is 2.32. The van der Waals surface area contributed by atoms with E-state index in [0.29, 0.717) is 42.0 Å². The maximum atomic E-state index is 6.43. The fraction of sp³-hybridized carbons (Fsp3) is 0.440. The maximum Gasteiger partial charge on any atom is 0.240 e. The molecule has 0 unspecified atom stereocenters. The number of hydrogen-bond acceptors (Lipinski definition) is 8. The van der Waals surface area contributed by atoms with Gasteiger partial charge >= 0.3 is 0 Å². The van der Waals surface area contributed by atoms with Gasteiger partial charge in [-0.05, 0) is 39.5 Å². The molecule has 1 atom stereocenters. The molecule has 0 radical (unpaired) electrons. The van der Waals surface area contributed by atoms with Crippen LogP contribution in [0.4, 0.5) is 5.82 Å². The Morgan fingerprint density at radius 2 is 2.00 bits per heavy atom. The van der Waals surface area contributed by atoms with Crippen LogP contribution < -0.4 is 15.2 Å². The third-order valence-corrected chi connectivity index (χ3v) is 6.30. The Morgan fingerprint density at radius 1 is 1.19 bits per heavy atom. The second kappa shape index (κ2) is 9.30. The maximum absolute atomic E-state index is 6.43. The van der Waals surface area contributed by atoms with E-state index in [4.69, 9.17) is 20.3 Å². The molecule has 5 rings (SSSR count). The number of aryl methyl sites for hydroxylation is 2. The Morgan fingerprint density at radius 3 is 2.75 bits per heavy atom. The topological polar surface area (TPSA) is 114 Å². The van der Waals surface area contributed by atoms with Gasteiger partial charge in [-0.15, -0.1) is 5.10 Å². The van der Waals surface area contributed by atoms with Crippen molar-refractivity contribution in [3.8, 4) is 23.0 Å². The van der Waals surface area contributed by atoms with Crippen LogP contribution in [0.5, 0.6) is 11.8 Å². The van der Waals surface area contributed by atoms with Crippen LogP contribution in [-0.2, 0) is 20.6 Å². The molecule has 190 valence electrons. The number of nitrogens with zero attached hydrogens (tertiary/aromatic N) is 8. The minimum Gasteiger partial charge on any atom is -0.473 e. The third-order valence-electron chi connectivity index (χ3n) is 6.30. The number of hydrogen-bond donors (Lipinski definition) is 1. The standard InChI is InChI=1S/C25H33N9O2/c1-7-33-12-16(4)36-25-19(11-28-32(25)6)20-13-34-17(10-27-23(34)22(26)29-20)8-9-18-21(14-33)31(5)30-24(18)35-15(2)3/h8-11,13,15-16H,7,12,14H2,1-6H3,(H2,26,29)/b9-8+/t16-/m0/s1. The van der Waals surface area contributed by atoms with Gasteiger partial charge in [0.05, 0.1) is 46.7 Å². The van der Waals surface area contributed by atoms with Crippen molar-refractivity contribution in [1.82, 2.24) is 38.8 Å². The summed E-state index contributed by atoms with van der Waals surface area (Å²) in [5.41, 5.74) is 11.2. The van der Waals surface area contributed by atoms with Gasteiger partial charge in [0, 0.05) is 33.4 Å².